The number of carbonyl (C=O) groups excluding carboxylic acids is 1. The third kappa shape index (κ3) is 4.18. The van der Waals surface area contributed by atoms with Gasteiger partial charge in [-0.3, -0.25) is 9.69 Å². The Labute approximate surface area is 154 Å². The van der Waals surface area contributed by atoms with E-state index < -0.39 is 0 Å². The Balaban J connectivity index is 1.75. The molecule has 1 aliphatic rings. The van der Waals surface area contributed by atoms with Crippen LogP contribution in [0.2, 0.25) is 0 Å². The lowest BCUT2D eigenvalue weighted by atomic mass is 10.2. The van der Waals surface area contributed by atoms with Crippen molar-refractivity contribution in [3.63, 3.8) is 0 Å². The zero-order valence-corrected chi connectivity index (χ0v) is 15.2. The largest absolute Gasteiger partial charge is 0.457 e. The summed E-state index contributed by atoms with van der Waals surface area (Å²) in [5.41, 5.74) is 0.645. The number of hydrogen-bond donors (Lipinski definition) is 0. The summed E-state index contributed by atoms with van der Waals surface area (Å²) in [5.74, 6) is 0.611. The number of thiocarbonyl (C=S) groups is 1. The molecule has 1 fully saturated rings. The zero-order valence-electron chi connectivity index (χ0n) is 13.5. The van der Waals surface area contributed by atoms with Crippen molar-refractivity contribution in [2.75, 3.05) is 20.3 Å². The minimum absolute atomic E-state index is 0.130. The number of carbonyl (C=O) groups is 1. The molecule has 25 heavy (non-hydrogen) atoms. The normalized spacial score (nSPS) is 16.2. The van der Waals surface area contributed by atoms with Crippen molar-refractivity contribution in [3.8, 4) is 11.3 Å². The van der Waals surface area contributed by atoms with Gasteiger partial charge in [0.2, 0.25) is 0 Å². The molecule has 2 heterocycles. The first kappa shape index (κ1) is 17.8. The monoisotopic (exact) mass is 377 g/mol. The number of rotatable bonds is 6. The first-order valence-electron chi connectivity index (χ1n) is 7.68. The zero-order chi connectivity index (χ0) is 17.8. The summed E-state index contributed by atoms with van der Waals surface area (Å²) in [5, 5.41) is 0. The Hall–Kier alpha value is -1.96. The topological polar surface area (TPSA) is 42.7 Å². The van der Waals surface area contributed by atoms with Crippen LogP contribution in [-0.2, 0) is 9.53 Å². The molecule has 0 atom stereocenters. The second-order valence-corrected chi connectivity index (χ2v) is 7.07. The van der Waals surface area contributed by atoms with Crippen molar-refractivity contribution in [3.05, 3.63) is 52.9 Å². The number of ether oxygens (including phenoxy) is 1. The smallest absolute Gasteiger partial charge is 0.266 e. The second kappa shape index (κ2) is 7.95. The fraction of sp³-hybridized carbons (Fsp3) is 0.222. The summed E-state index contributed by atoms with van der Waals surface area (Å²) < 4.78 is 24.6. The number of halogens is 1. The van der Waals surface area contributed by atoms with Crippen molar-refractivity contribution in [2.24, 2.45) is 0 Å². The second-order valence-electron chi connectivity index (χ2n) is 5.39. The van der Waals surface area contributed by atoms with E-state index in [0.717, 1.165) is 6.42 Å². The lowest BCUT2D eigenvalue weighted by molar-refractivity contribution is -0.122. The maximum Gasteiger partial charge on any atom is 0.266 e. The molecule has 0 saturated carbocycles. The maximum atomic E-state index is 13.3. The number of furan rings is 1. The van der Waals surface area contributed by atoms with E-state index in [-0.39, 0.29) is 11.7 Å². The first-order valence-corrected chi connectivity index (χ1v) is 8.91. The highest BCUT2D eigenvalue weighted by Gasteiger charge is 2.31. The van der Waals surface area contributed by atoms with Gasteiger partial charge in [-0.1, -0.05) is 36.1 Å². The van der Waals surface area contributed by atoms with Gasteiger partial charge in [0, 0.05) is 31.9 Å². The quantitative estimate of drug-likeness (QED) is 0.426. The van der Waals surface area contributed by atoms with Crippen molar-refractivity contribution in [2.45, 2.75) is 6.42 Å². The molecule has 1 amide bonds. The molecule has 7 heteroatoms. The SMILES string of the molecule is COCCCN1C(=O)/C(=C\c2ccc(-c3cccc(F)c3)o2)SC1=S. The van der Waals surface area contributed by atoms with Gasteiger partial charge in [0.1, 0.15) is 21.7 Å². The van der Waals surface area contributed by atoms with Crippen LogP contribution in [0.5, 0.6) is 0 Å². The van der Waals surface area contributed by atoms with Crippen LogP contribution in [0.15, 0.2) is 45.7 Å². The van der Waals surface area contributed by atoms with E-state index in [1.165, 1.54) is 23.9 Å². The average Bonchev–Trinajstić information content (AvgIpc) is 3.15. The van der Waals surface area contributed by atoms with Gasteiger partial charge in [-0.25, -0.2) is 4.39 Å². The van der Waals surface area contributed by atoms with Gasteiger partial charge in [-0.2, -0.15) is 0 Å². The van der Waals surface area contributed by atoms with Gasteiger partial charge >= 0.3 is 0 Å². The number of amides is 1. The number of thioether (sulfide) groups is 1. The molecule has 0 N–H and O–H groups in total. The van der Waals surface area contributed by atoms with Crippen LogP contribution in [0, 0.1) is 5.82 Å². The first-order chi connectivity index (χ1) is 12.1. The molecule has 0 aliphatic carbocycles. The lowest BCUT2D eigenvalue weighted by Gasteiger charge is -2.13. The van der Waals surface area contributed by atoms with Crippen LogP contribution < -0.4 is 0 Å². The molecule has 1 aliphatic heterocycles. The van der Waals surface area contributed by atoms with Crippen LogP contribution in [0.1, 0.15) is 12.2 Å². The molecule has 0 radical (unpaired) electrons. The standard InChI is InChI=1S/C18H16FNO3S2/c1-22-9-3-8-20-17(21)16(25-18(20)24)11-14-6-7-15(23-14)12-4-2-5-13(19)10-12/h2,4-7,10-11H,3,8-9H2,1H3/b16-11+. The van der Waals surface area contributed by atoms with E-state index in [1.807, 2.05) is 0 Å². The van der Waals surface area contributed by atoms with Crippen LogP contribution in [0.4, 0.5) is 4.39 Å². The number of benzene rings is 1. The Morgan fingerprint density at radius 1 is 1.36 bits per heavy atom. The highest BCUT2D eigenvalue weighted by atomic mass is 32.2. The minimum Gasteiger partial charge on any atom is -0.457 e. The summed E-state index contributed by atoms with van der Waals surface area (Å²) in [4.78, 5) is 14.5. The summed E-state index contributed by atoms with van der Waals surface area (Å²) in [7, 11) is 1.62. The molecular formula is C18H16FNO3S2. The molecule has 0 bridgehead atoms. The summed E-state index contributed by atoms with van der Waals surface area (Å²) in [6.07, 6.45) is 2.39. The third-order valence-electron chi connectivity index (χ3n) is 3.61. The highest BCUT2D eigenvalue weighted by molar-refractivity contribution is 8.26. The fourth-order valence-electron chi connectivity index (χ4n) is 2.42. The van der Waals surface area contributed by atoms with Crippen molar-refractivity contribution < 1.29 is 18.3 Å². The van der Waals surface area contributed by atoms with Gasteiger partial charge in [-0.05, 0) is 30.7 Å². The van der Waals surface area contributed by atoms with Crippen molar-refractivity contribution in [1.82, 2.24) is 4.90 Å². The van der Waals surface area contributed by atoms with Gasteiger partial charge < -0.3 is 9.15 Å². The molecule has 0 spiro atoms. The molecule has 130 valence electrons. The van der Waals surface area contributed by atoms with E-state index in [9.17, 15) is 9.18 Å². The fourth-order valence-corrected chi connectivity index (χ4v) is 3.70. The molecule has 1 aromatic heterocycles. The number of nitrogens with zero attached hydrogens (tertiary/aromatic N) is 1. The third-order valence-corrected chi connectivity index (χ3v) is 4.99. The van der Waals surface area contributed by atoms with Crippen molar-refractivity contribution in [1.29, 1.82) is 0 Å². The molecule has 3 rings (SSSR count). The predicted octanol–water partition coefficient (Wildman–Crippen LogP) is 4.32. The Morgan fingerprint density at radius 3 is 2.96 bits per heavy atom. The van der Waals surface area contributed by atoms with Crippen LogP contribution in [-0.4, -0.2) is 35.4 Å². The van der Waals surface area contributed by atoms with E-state index in [2.05, 4.69) is 0 Å². The Morgan fingerprint density at radius 2 is 2.20 bits per heavy atom. The van der Waals surface area contributed by atoms with Crippen LogP contribution >= 0.6 is 24.0 Å². The Bertz CT molecular complexity index is 831. The summed E-state index contributed by atoms with van der Waals surface area (Å²) in [6, 6.07) is 9.66. The average molecular weight is 377 g/mol. The van der Waals surface area contributed by atoms with Gasteiger partial charge in [0.05, 0.1) is 4.91 Å². The van der Waals surface area contributed by atoms with Gasteiger partial charge in [-0.15, -0.1) is 0 Å². The lowest BCUT2D eigenvalue weighted by Crippen LogP contribution is -2.29. The number of hydrogen-bond acceptors (Lipinski definition) is 5. The van der Waals surface area contributed by atoms with E-state index in [4.69, 9.17) is 21.4 Å². The Kier molecular flexibility index (Phi) is 5.67. The van der Waals surface area contributed by atoms with Crippen LogP contribution in [0.25, 0.3) is 17.4 Å². The highest BCUT2D eigenvalue weighted by Crippen LogP contribution is 2.33. The van der Waals surface area contributed by atoms with Gasteiger partial charge in [0.25, 0.3) is 5.91 Å². The summed E-state index contributed by atoms with van der Waals surface area (Å²) in [6.45, 7) is 1.10. The number of methoxy groups -OCH3 is 1. The van der Waals surface area contributed by atoms with E-state index in [1.54, 1.807) is 42.4 Å². The van der Waals surface area contributed by atoms with E-state index >= 15 is 0 Å². The predicted molar refractivity (Wildman–Crippen MR) is 100 cm³/mol. The maximum absolute atomic E-state index is 13.3. The molecular weight excluding hydrogens is 361 g/mol. The molecule has 1 saturated heterocycles. The minimum atomic E-state index is -0.326. The summed E-state index contributed by atoms with van der Waals surface area (Å²) >= 11 is 6.52. The molecule has 2 aromatic rings. The molecule has 0 unspecified atom stereocenters. The van der Waals surface area contributed by atoms with Crippen molar-refractivity contribution >= 4 is 40.3 Å². The van der Waals surface area contributed by atoms with Crippen LogP contribution in [0.3, 0.4) is 0 Å². The van der Waals surface area contributed by atoms with Gasteiger partial charge in [0.15, 0.2) is 0 Å². The molecule has 1 aromatic carbocycles. The van der Waals surface area contributed by atoms with E-state index in [0.29, 0.717) is 39.5 Å². The molecule has 4 nitrogen and oxygen atoms in total.